The van der Waals surface area contributed by atoms with Gasteiger partial charge in [-0.25, -0.2) is 9.38 Å². The Bertz CT molecular complexity index is 783. The van der Waals surface area contributed by atoms with Crippen molar-refractivity contribution in [1.82, 2.24) is 10.6 Å². The highest BCUT2D eigenvalue weighted by Gasteiger charge is 2.10. The Morgan fingerprint density at radius 1 is 1.11 bits per heavy atom. The SMILES string of the molecule is CCNC(=NCc1cccc(OC)c1OC)NCC(C)Oc1cccc(F)c1. The van der Waals surface area contributed by atoms with Crippen LogP contribution in [0.1, 0.15) is 19.4 Å². The summed E-state index contributed by atoms with van der Waals surface area (Å²) < 4.78 is 29.8. The van der Waals surface area contributed by atoms with Crippen LogP contribution in [-0.4, -0.2) is 39.4 Å². The maximum absolute atomic E-state index is 13.3. The highest BCUT2D eigenvalue weighted by molar-refractivity contribution is 5.79. The number of benzene rings is 2. The molecule has 0 aliphatic carbocycles. The van der Waals surface area contributed by atoms with Gasteiger partial charge in [0.1, 0.15) is 17.7 Å². The van der Waals surface area contributed by atoms with Crippen molar-refractivity contribution < 1.29 is 18.6 Å². The molecule has 0 saturated heterocycles. The number of ether oxygens (including phenoxy) is 3. The molecule has 7 heteroatoms. The van der Waals surface area contributed by atoms with Crippen LogP contribution in [0.15, 0.2) is 47.5 Å². The first-order valence-electron chi connectivity index (χ1n) is 9.21. The lowest BCUT2D eigenvalue weighted by Gasteiger charge is -2.18. The highest BCUT2D eigenvalue weighted by atomic mass is 19.1. The van der Waals surface area contributed by atoms with E-state index in [1.165, 1.54) is 12.1 Å². The van der Waals surface area contributed by atoms with Crippen LogP contribution >= 0.6 is 0 Å². The van der Waals surface area contributed by atoms with Gasteiger partial charge in [-0.1, -0.05) is 18.2 Å². The number of rotatable bonds is 9. The van der Waals surface area contributed by atoms with Gasteiger partial charge in [-0.05, 0) is 32.0 Å². The quantitative estimate of drug-likeness (QED) is 0.509. The summed E-state index contributed by atoms with van der Waals surface area (Å²) >= 11 is 0. The Morgan fingerprint density at radius 2 is 1.89 bits per heavy atom. The van der Waals surface area contributed by atoms with Gasteiger partial charge in [0.2, 0.25) is 0 Å². The Kier molecular flexibility index (Phi) is 8.39. The molecule has 0 saturated carbocycles. The number of methoxy groups -OCH3 is 2. The number of nitrogens with zero attached hydrogens (tertiary/aromatic N) is 1. The van der Waals surface area contributed by atoms with Crippen molar-refractivity contribution >= 4 is 5.96 Å². The lowest BCUT2D eigenvalue weighted by molar-refractivity contribution is 0.223. The van der Waals surface area contributed by atoms with Crippen molar-refractivity contribution in [3.63, 3.8) is 0 Å². The van der Waals surface area contributed by atoms with Crippen LogP contribution in [0.25, 0.3) is 0 Å². The van der Waals surface area contributed by atoms with E-state index < -0.39 is 0 Å². The van der Waals surface area contributed by atoms with Crippen LogP contribution in [0.2, 0.25) is 0 Å². The summed E-state index contributed by atoms with van der Waals surface area (Å²) in [5, 5.41) is 6.44. The summed E-state index contributed by atoms with van der Waals surface area (Å²) in [5.41, 5.74) is 0.920. The maximum atomic E-state index is 13.3. The Labute approximate surface area is 165 Å². The zero-order chi connectivity index (χ0) is 20.4. The van der Waals surface area contributed by atoms with E-state index in [4.69, 9.17) is 14.2 Å². The smallest absolute Gasteiger partial charge is 0.191 e. The molecular weight excluding hydrogens is 361 g/mol. The van der Waals surface area contributed by atoms with Gasteiger partial charge in [0, 0.05) is 18.2 Å². The largest absolute Gasteiger partial charge is 0.493 e. The zero-order valence-electron chi connectivity index (χ0n) is 16.8. The zero-order valence-corrected chi connectivity index (χ0v) is 16.8. The number of aliphatic imine (C=N–C) groups is 1. The third-order valence-corrected chi connectivity index (χ3v) is 3.93. The van der Waals surface area contributed by atoms with Gasteiger partial charge in [0.25, 0.3) is 0 Å². The molecule has 2 aromatic carbocycles. The van der Waals surface area contributed by atoms with E-state index in [2.05, 4.69) is 15.6 Å². The molecule has 0 aliphatic rings. The number of guanidine groups is 1. The van der Waals surface area contributed by atoms with Crippen LogP contribution < -0.4 is 24.8 Å². The molecule has 0 bridgehead atoms. The summed E-state index contributed by atoms with van der Waals surface area (Å²) in [6.07, 6.45) is -0.169. The molecule has 0 aromatic heterocycles. The topological polar surface area (TPSA) is 64.1 Å². The average Bonchev–Trinajstić information content (AvgIpc) is 2.69. The minimum atomic E-state index is -0.320. The van der Waals surface area contributed by atoms with Crippen molar-refractivity contribution in [3.8, 4) is 17.2 Å². The first kappa shape index (κ1) is 21.3. The number of para-hydroxylation sites is 1. The van der Waals surface area contributed by atoms with Crippen molar-refractivity contribution in [2.24, 2.45) is 4.99 Å². The van der Waals surface area contributed by atoms with Crippen LogP contribution in [-0.2, 0) is 6.54 Å². The van der Waals surface area contributed by atoms with E-state index in [9.17, 15) is 4.39 Å². The first-order chi connectivity index (χ1) is 13.6. The Morgan fingerprint density at radius 3 is 2.57 bits per heavy atom. The van der Waals surface area contributed by atoms with Gasteiger partial charge in [0.05, 0.1) is 27.3 Å². The summed E-state index contributed by atoms with van der Waals surface area (Å²) in [4.78, 5) is 4.60. The van der Waals surface area contributed by atoms with E-state index in [1.54, 1.807) is 26.4 Å². The standard InChI is InChI=1S/C21H28FN3O3/c1-5-23-21(24-13-15(2)28-18-10-7-9-17(22)12-18)25-14-16-8-6-11-19(26-3)20(16)27-4/h6-12,15H,5,13-14H2,1-4H3,(H2,23,24,25). The van der Waals surface area contributed by atoms with E-state index >= 15 is 0 Å². The molecule has 0 amide bonds. The molecule has 0 fully saturated rings. The second-order valence-electron chi connectivity index (χ2n) is 6.11. The van der Waals surface area contributed by atoms with Gasteiger partial charge in [-0.2, -0.15) is 0 Å². The molecule has 1 atom stereocenters. The summed E-state index contributed by atoms with van der Waals surface area (Å²) in [6, 6.07) is 11.8. The lowest BCUT2D eigenvalue weighted by atomic mass is 10.2. The second-order valence-corrected chi connectivity index (χ2v) is 6.11. The number of hydrogen-bond donors (Lipinski definition) is 2. The van der Waals surface area contributed by atoms with Gasteiger partial charge in [0.15, 0.2) is 17.5 Å². The fourth-order valence-electron chi connectivity index (χ4n) is 2.64. The number of hydrogen-bond acceptors (Lipinski definition) is 4. The maximum Gasteiger partial charge on any atom is 0.191 e. The monoisotopic (exact) mass is 389 g/mol. The second kappa shape index (κ2) is 11.0. The van der Waals surface area contributed by atoms with Crippen molar-refractivity contribution in [2.75, 3.05) is 27.3 Å². The van der Waals surface area contributed by atoms with E-state index in [-0.39, 0.29) is 11.9 Å². The summed E-state index contributed by atoms with van der Waals surface area (Å²) in [6.45, 7) is 5.56. The molecule has 152 valence electrons. The van der Waals surface area contributed by atoms with E-state index in [0.29, 0.717) is 36.3 Å². The van der Waals surface area contributed by atoms with Gasteiger partial charge >= 0.3 is 0 Å². The molecule has 2 N–H and O–H groups in total. The van der Waals surface area contributed by atoms with Gasteiger partial charge < -0.3 is 24.8 Å². The lowest BCUT2D eigenvalue weighted by Crippen LogP contribution is -2.41. The van der Waals surface area contributed by atoms with Gasteiger partial charge in [-0.3, -0.25) is 0 Å². The van der Waals surface area contributed by atoms with Gasteiger partial charge in [-0.15, -0.1) is 0 Å². The molecule has 2 rings (SSSR count). The minimum absolute atomic E-state index is 0.169. The van der Waals surface area contributed by atoms with Crippen molar-refractivity contribution in [3.05, 3.63) is 53.8 Å². The average molecular weight is 389 g/mol. The molecule has 0 spiro atoms. The fraction of sp³-hybridized carbons (Fsp3) is 0.381. The Hall–Kier alpha value is -2.96. The molecular formula is C21H28FN3O3. The molecule has 28 heavy (non-hydrogen) atoms. The third kappa shape index (κ3) is 6.33. The van der Waals surface area contributed by atoms with Crippen LogP contribution in [0.5, 0.6) is 17.2 Å². The third-order valence-electron chi connectivity index (χ3n) is 3.93. The van der Waals surface area contributed by atoms with Crippen molar-refractivity contribution in [2.45, 2.75) is 26.5 Å². The summed E-state index contributed by atoms with van der Waals surface area (Å²) in [5.74, 6) is 2.18. The van der Waals surface area contributed by atoms with Crippen molar-refractivity contribution in [1.29, 1.82) is 0 Å². The minimum Gasteiger partial charge on any atom is -0.493 e. The molecule has 1 unspecified atom stereocenters. The predicted molar refractivity (Wildman–Crippen MR) is 109 cm³/mol. The van der Waals surface area contributed by atoms with E-state index in [1.807, 2.05) is 32.0 Å². The molecule has 0 heterocycles. The van der Waals surface area contributed by atoms with E-state index in [0.717, 1.165) is 12.1 Å². The van der Waals surface area contributed by atoms with Crippen LogP contribution in [0.4, 0.5) is 4.39 Å². The molecule has 2 aromatic rings. The molecule has 0 aliphatic heterocycles. The number of halogens is 1. The summed E-state index contributed by atoms with van der Waals surface area (Å²) in [7, 11) is 3.22. The predicted octanol–water partition coefficient (Wildman–Crippen LogP) is 3.37. The molecule has 6 nitrogen and oxygen atoms in total. The fourth-order valence-corrected chi connectivity index (χ4v) is 2.64. The first-order valence-corrected chi connectivity index (χ1v) is 9.21. The highest BCUT2D eigenvalue weighted by Crippen LogP contribution is 2.31. The van der Waals surface area contributed by atoms with Crippen LogP contribution in [0, 0.1) is 5.82 Å². The Balaban J connectivity index is 1.99. The number of nitrogens with one attached hydrogen (secondary N) is 2. The van der Waals surface area contributed by atoms with Crippen LogP contribution in [0.3, 0.4) is 0 Å². The molecule has 0 radical (unpaired) electrons. The normalized spacial score (nSPS) is 12.2.